The minimum Gasteiger partial charge on any atom is -0.376 e. The predicted molar refractivity (Wildman–Crippen MR) is 51.1 cm³/mol. The molecule has 0 unspecified atom stereocenters. The van der Waals surface area contributed by atoms with Gasteiger partial charge >= 0.3 is 0 Å². The van der Waals surface area contributed by atoms with Crippen LogP contribution in [0.15, 0.2) is 0 Å². The monoisotopic (exact) mass is 199 g/mol. The van der Waals surface area contributed by atoms with Crippen LogP contribution in [0.1, 0.15) is 18.7 Å². The van der Waals surface area contributed by atoms with Crippen LogP contribution < -0.4 is 0 Å². The molecular formula is C8H13N3OS. The Morgan fingerprint density at radius 2 is 2.62 bits per heavy atom. The Hall–Kier alpha value is -0.680. The fourth-order valence-corrected chi connectivity index (χ4v) is 1.86. The number of rotatable bonds is 2. The zero-order valence-electron chi connectivity index (χ0n) is 7.62. The van der Waals surface area contributed by atoms with Crippen LogP contribution in [0.25, 0.3) is 0 Å². The topological polar surface area (TPSA) is 42.8 Å². The van der Waals surface area contributed by atoms with Gasteiger partial charge in [-0.15, -0.1) is 0 Å². The van der Waals surface area contributed by atoms with Crippen LogP contribution in [0.2, 0.25) is 0 Å². The number of aryl methyl sites for hydroxylation is 1. The number of ether oxygens (including phenoxy) is 1. The fraction of sp³-hybridized carbons (Fsp3) is 0.750. The van der Waals surface area contributed by atoms with E-state index in [1.165, 1.54) is 0 Å². The number of hydrogen-bond acceptors (Lipinski definition) is 3. The van der Waals surface area contributed by atoms with Gasteiger partial charge in [0.25, 0.3) is 0 Å². The summed E-state index contributed by atoms with van der Waals surface area (Å²) < 4.78 is 8.21. The molecule has 1 N–H and O–H groups in total. The van der Waals surface area contributed by atoms with E-state index in [0.717, 1.165) is 31.8 Å². The van der Waals surface area contributed by atoms with E-state index >= 15 is 0 Å². The summed E-state index contributed by atoms with van der Waals surface area (Å²) in [5.74, 6) is 0.931. The van der Waals surface area contributed by atoms with Gasteiger partial charge in [0.05, 0.1) is 12.6 Å². The molecule has 1 aromatic rings. The average Bonchev–Trinajstić information content (AvgIpc) is 2.70. The molecule has 2 heterocycles. The highest BCUT2D eigenvalue weighted by molar-refractivity contribution is 7.71. The molecule has 5 heteroatoms. The molecule has 1 aliphatic rings. The fourth-order valence-electron chi connectivity index (χ4n) is 1.60. The van der Waals surface area contributed by atoms with Gasteiger partial charge in [-0.1, -0.05) is 0 Å². The minimum absolute atomic E-state index is 0.322. The molecule has 2 rings (SSSR count). The van der Waals surface area contributed by atoms with Gasteiger partial charge in [-0.05, 0) is 32.0 Å². The first-order chi connectivity index (χ1) is 6.27. The lowest BCUT2D eigenvalue weighted by Gasteiger charge is -2.10. The Balaban J connectivity index is 2.12. The van der Waals surface area contributed by atoms with Crippen LogP contribution in [0.5, 0.6) is 0 Å². The predicted octanol–water partition coefficient (Wildman–Crippen LogP) is 1.43. The quantitative estimate of drug-likeness (QED) is 0.733. The van der Waals surface area contributed by atoms with Crippen LogP contribution in [0.3, 0.4) is 0 Å². The number of hydrogen-bond donors (Lipinski definition) is 1. The second kappa shape index (κ2) is 3.59. The van der Waals surface area contributed by atoms with Crippen molar-refractivity contribution < 1.29 is 4.74 Å². The second-order valence-corrected chi connectivity index (χ2v) is 3.71. The largest absolute Gasteiger partial charge is 0.376 e. The van der Waals surface area contributed by atoms with E-state index in [1.54, 1.807) is 0 Å². The molecule has 1 aromatic heterocycles. The van der Waals surface area contributed by atoms with Gasteiger partial charge in [0.1, 0.15) is 5.82 Å². The summed E-state index contributed by atoms with van der Waals surface area (Å²) in [6, 6.07) is 0. The van der Waals surface area contributed by atoms with Gasteiger partial charge < -0.3 is 9.30 Å². The highest BCUT2D eigenvalue weighted by atomic mass is 32.1. The molecule has 0 aliphatic carbocycles. The van der Waals surface area contributed by atoms with Crippen molar-refractivity contribution in [2.45, 2.75) is 32.4 Å². The van der Waals surface area contributed by atoms with E-state index in [4.69, 9.17) is 17.0 Å². The summed E-state index contributed by atoms with van der Waals surface area (Å²) in [5.41, 5.74) is 0. The molecule has 1 aliphatic heterocycles. The van der Waals surface area contributed by atoms with Gasteiger partial charge in [-0.25, -0.2) is 0 Å². The van der Waals surface area contributed by atoms with Gasteiger partial charge in [0.15, 0.2) is 4.77 Å². The lowest BCUT2D eigenvalue weighted by atomic mass is 10.2. The number of H-pyrrole nitrogens is 1. The molecule has 13 heavy (non-hydrogen) atoms. The van der Waals surface area contributed by atoms with E-state index in [1.807, 2.05) is 11.5 Å². The van der Waals surface area contributed by atoms with Crippen LogP contribution in [0, 0.1) is 11.7 Å². The molecule has 0 radical (unpaired) electrons. The van der Waals surface area contributed by atoms with E-state index < -0.39 is 0 Å². The summed E-state index contributed by atoms with van der Waals surface area (Å²) in [6.45, 7) is 3.66. The smallest absolute Gasteiger partial charge is 0.195 e. The Morgan fingerprint density at radius 1 is 1.77 bits per heavy atom. The highest BCUT2D eigenvalue weighted by Gasteiger charge is 2.17. The number of aromatic nitrogens is 3. The van der Waals surface area contributed by atoms with Crippen molar-refractivity contribution >= 4 is 12.2 Å². The summed E-state index contributed by atoms with van der Waals surface area (Å²) in [7, 11) is 0. The molecule has 1 fully saturated rings. The Kier molecular flexibility index (Phi) is 2.46. The van der Waals surface area contributed by atoms with Crippen molar-refractivity contribution in [3.05, 3.63) is 10.6 Å². The third-order valence-corrected chi connectivity index (χ3v) is 2.67. The molecule has 1 atom stereocenters. The van der Waals surface area contributed by atoms with Gasteiger partial charge in [-0.3, -0.25) is 5.10 Å². The Labute approximate surface area is 81.9 Å². The van der Waals surface area contributed by atoms with E-state index in [-0.39, 0.29) is 0 Å². The number of nitrogens with zero attached hydrogens (tertiary/aromatic N) is 2. The van der Waals surface area contributed by atoms with Crippen molar-refractivity contribution in [1.29, 1.82) is 0 Å². The average molecular weight is 199 g/mol. The van der Waals surface area contributed by atoms with E-state index in [0.29, 0.717) is 10.9 Å². The van der Waals surface area contributed by atoms with Crippen molar-refractivity contribution in [2.75, 3.05) is 6.61 Å². The third-order valence-electron chi connectivity index (χ3n) is 2.36. The molecule has 0 bridgehead atoms. The van der Waals surface area contributed by atoms with Crippen molar-refractivity contribution in [3.63, 3.8) is 0 Å². The molecular weight excluding hydrogens is 186 g/mol. The summed E-state index contributed by atoms with van der Waals surface area (Å²) in [6.07, 6.45) is 2.62. The van der Waals surface area contributed by atoms with E-state index in [9.17, 15) is 0 Å². The van der Waals surface area contributed by atoms with Gasteiger partial charge in [0.2, 0.25) is 0 Å². The first-order valence-electron chi connectivity index (χ1n) is 4.51. The maximum atomic E-state index is 5.53. The molecule has 0 spiro atoms. The molecule has 72 valence electrons. The van der Waals surface area contributed by atoms with Crippen molar-refractivity contribution in [1.82, 2.24) is 14.8 Å². The molecule has 0 amide bonds. The molecule has 0 aromatic carbocycles. The zero-order valence-corrected chi connectivity index (χ0v) is 8.43. The maximum absolute atomic E-state index is 5.53. The summed E-state index contributed by atoms with van der Waals surface area (Å²) in [4.78, 5) is 0. The van der Waals surface area contributed by atoms with Crippen LogP contribution in [-0.4, -0.2) is 27.5 Å². The third kappa shape index (κ3) is 1.81. The Bertz CT molecular complexity index is 337. The zero-order chi connectivity index (χ0) is 9.26. The first kappa shape index (κ1) is 8.90. The SMILES string of the molecule is Cc1n[nH]c(=S)n1C[C@H]1CCCO1. The minimum atomic E-state index is 0.322. The summed E-state index contributed by atoms with van der Waals surface area (Å²) in [5, 5.41) is 6.82. The van der Waals surface area contributed by atoms with Crippen molar-refractivity contribution in [3.8, 4) is 0 Å². The lowest BCUT2D eigenvalue weighted by Crippen LogP contribution is -2.16. The molecule has 4 nitrogen and oxygen atoms in total. The van der Waals surface area contributed by atoms with Crippen LogP contribution in [0.4, 0.5) is 0 Å². The second-order valence-electron chi connectivity index (χ2n) is 3.32. The summed E-state index contributed by atoms with van der Waals surface area (Å²) >= 11 is 5.10. The van der Waals surface area contributed by atoms with Crippen molar-refractivity contribution in [2.24, 2.45) is 0 Å². The van der Waals surface area contributed by atoms with Crippen LogP contribution >= 0.6 is 12.2 Å². The van der Waals surface area contributed by atoms with Gasteiger partial charge in [-0.2, -0.15) is 5.10 Å². The van der Waals surface area contributed by atoms with E-state index in [2.05, 4.69) is 10.2 Å². The maximum Gasteiger partial charge on any atom is 0.195 e. The van der Waals surface area contributed by atoms with Gasteiger partial charge in [0, 0.05) is 6.61 Å². The molecule has 1 saturated heterocycles. The highest BCUT2D eigenvalue weighted by Crippen LogP contribution is 2.14. The standard InChI is InChI=1S/C8H13N3OS/c1-6-9-10-8(13)11(6)5-7-3-2-4-12-7/h7H,2-5H2,1H3,(H,10,13)/t7-/m1/s1. The Morgan fingerprint density at radius 3 is 3.15 bits per heavy atom. The lowest BCUT2D eigenvalue weighted by molar-refractivity contribution is 0.0961. The normalized spacial score (nSPS) is 22.4. The molecule has 0 saturated carbocycles. The number of aromatic amines is 1. The number of nitrogens with one attached hydrogen (secondary N) is 1. The first-order valence-corrected chi connectivity index (χ1v) is 4.91. The van der Waals surface area contributed by atoms with Crippen LogP contribution in [-0.2, 0) is 11.3 Å².